The van der Waals surface area contributed by atoms with Gasteiger partial charge in [0.25, 0.3) is 5.56 Å². The lowest BCUT2D eigenvalue weighted by Crippen LogP contribution is -2.30. The van der Waals surface area contributed by atoms with Crippen molar-refractivity contribution in [2.24, 2.45) is 0 Å². The van der Waals surface area contributed by atoms with E-state index >= 15 is 0 Å². The van der Waals surface area contributed by atoms with Gasteiger partial charge in [0.05, 0.1) is 18.6 Å². The lowest BCUT2D eigenvalue weighted by molar-refractivity contribution is -0.135. The van der Waals surface area contributed by atoms with Gasteiger partial charge in [-0.3, -0.25) is 9.59 Å². The summed E-state index contributed by atoms with van der Waals surface area (Å²) in [5.41, 5.74) is 0.767. The molecule has 23 heavy (non-hydrogen) atoms. The van der Waals surface area contributed by atoms with E-state index in [1.54, 1.807) is 6.92 Å². The number of hydrogen-bond acceptors (Lipinski definition) is 5. The Hall–Kier alpha value is -2.89. The molecule has 2 aromatic rings. The average Bonchev–Trinajstić information content (AvgIpc) is 2.55. The fraction of sp³-hybridized carbons (Fsp3) is 0.235. The third-order valence-electron chi connectivity index (χ3n) is 3.71. The maximum atomic E-state index is 12.3. The van der Waals surface area contributed by atoms with Gasteiger partial charge >= 0.3 is 11.9 Å². The van der Waals surface area contributed by atoms with Gasteiger partial charge in [-0.05, 0) is 12.5 Å². The highest BCUT2D eigenvalue weighted by Gasteiger charge is 2.34. The molecule has 0 bridgehead atoms. The molecule has 1 aromatic carbocycles. The zero-order valence-electron chi connectivity index (χ0n) is 12.5. The normalized spacial score (nSPS) is 16.4. The quantitative estimate of drug-likeness (QED) is 0.876. The second-order valence-corrected chi connectivity index (χ2v) is 5.14. The zero-order chi connectivity index (χ0) is 16.4. The molecule has 3 rings (SSSR count). The number of carbonyl (C=O) groups is 2. The van der Waals surface area contributed by atoms with Crippen molar-refractivity contribution in [1.29, 1.82) is 0 Å². The first-order valence-corrected chi connectivity index (χ1v) is 7.30. The summed E-state index contributed by atoms with van der Waals surface area (Å²) >= 11 is 0. The van der Waals surface area contributed by atoms with Crippen molar-refractivity contribution in [1.82, 2.24) is 4.98 Å². The number of nitrogens with one attached hydrogen (secondary N) is 1. The van der Waals surface area contributed by atoms with Crippen molar-refractivity contribution in [3.63, 3.8) is 0 Å². The summed E-state index contributed by atoms with van der Waals surface area (Å²) in [6.45, 7) is 1.86. The number of hydrogen-bond donors (Lipinski definition) is 1. The van der Waals surface area contributed by atoms with Crippen LogP contribution < -0.4 is 10.3 Å². The molecule has 1 aromatic heterocycles. The van der Waals surface area contributed by atoms with Crippen LogP contribution in [0, 0.1) is 0 Å². The van der Waals surface area contributed by atoms with Crippen LogP contribution in [0.1, 0.15) is 40.7 Å². The van der Waals surface area contributed by atoms with Crippen molar-refractivity contribution in [3.8, 4) is 5.75 Å². The highest BCUT2D eigenvalue weighted by Crippen LogP contribution is 2.38. The van der Waals surface area contributed by atoms with Crippen LogP contribution >= 0.6 is 0 Å². The number of pyridine rings is 1. The van der Waals surface area contributed by atoms with E-state index in [1.165, 1.54) is 6.20 Å². The van der Waals surface area contributed by atoms with Crippen LogP contribution in [-0.4, -0.2) is 23.5 Å². The fourth-order valence-corrected chi connectivity index (χ4v) is 2.71. The van der Waals surface area contributed by atoms with E-state index in [9.17, 15) is 14.4 Å². The number of aromatic nitrogens is 1. The number of carbonyl (C=O) groups excluding carboxylic acids is 2. The van der Waals surface area contributed by atoms with Crippen molar-refractivity contribution in [3.05, 3.63) is 63.6 Å². The number of aromatic amines is 1. The van der Waals surface area contributed by atoms with Gasteiger partial charge < -0.3 is 14.5 Å². The van der Waals surface area contributed by atoms with E-state index < -0.39 is 17.9 Å². The predicted molar refractivity (Wildman–Crippen MR) is 81.6 cm³/mol. The third kappa shape index (κ3) is 2.75. The standard InChI is InChI=1S/C17H15NO5/c1-2-22-17(21)12-9-18-16(20)14-11(8-13(19)23-15(12)14)10-6-4-3-5-7-10/h3-7,9,11H,2,8H2,1H3,(H,18,20). The maximum absolute atomic E-state index is 12.3. The average molecular weight is 313 g/mol. The Morgan fingerprint density at radius 1 is 1.30 bits per heavy atom. The van der Waals surface area contributed by atoms with E-state index in [-0.39, 0.29) is 35.5 Å². The molecule has 0 saturated carbocycles. The number of ether oxygens (including phenoxy) is 2. The van der Waals surface area contributed by atoms with Crippen molar-refractivity contribution in [2.45, 2.75) is 19.3 Å². The summed E-state index contributed by atoms with van der Waals surface area (Å²) in [6, 6.07) is 9.19. The topological polar surface area (TPSA) is 85.5 Å². The highest BCUT2D eigenvalue weighted by molar-refractivity contribution is 5.94. The molecule has 0 fully saturated rings. The summed E-state index contributed by atoms with van der Waals surface area (Å²) < 4.78 is 10.2. The van der Waals surface area contributed by atoms with Crippen LogP contribution in [0.2, 0.25) is 0 Å². The van der Waals surface area contributed by atoms with Crippen LogP contribution in [0.5, 0.6) is 5.75 Å². The number of rotatable bonds is 3. The van der Waals surface area contributed by atoms with E-state index in [4.69, 9.17) is 9.47 Å². The summed E-state index contributed by atoms with van der Waals surface area (Å²) in [6.07, 6.45) is 1.27. The van der Waals surface area contributed by atoms with Gasteiger partial charge in [-0.15, -0.1) is 0 Å². The Kier molecular flexibility index (Phi) is 3.97. The lowest BCUT2D eigenvalue weighted by Gasteiger charge is -2.25. The number of benzene rings is 1. The number of H-pyrrole nitrogens is 1. The molecular formula is C17H15NO5. The molecule has 1 aliphatic heterocycles. The molecule has 118 valence electrons. The summed E-state index contributed by atoms with van der Waals surface area (Å²) in [7, 11) is 0. The van der Waals surface area contributed by atoms with Gasteiger partial charge in [0.15, 0.2) is 5.75 Å². The Labute approximate surface area is 132 Å². The van der Waals surface area contributed by atoms with Gasteiger partial charge in [-0.25, -0.2) is 4.79 Å². The molecule has 1 aliphatic rings. The van der Waals surface area contributed by atoms with Crippen LogP contribution in [0.15, 0.2) is 41.3 Å². The fourth-order valence-electron chi connectivity index (χ4n) is 2.71. The molecule has 0 amide bonds. The molecular weight excluding hydrogens is 298 g/mol. The molecule has 1 N–H and O–H groups in total. The molecule has 1 atom stereocenters. The summed E-state index contributed by atoms with van der Waals surface area (Å²) in [5.74, 6) is -1.58. The first-order valence-electron chi connectivity index (χ1n) is 7.30. The summed E-state index contributed by atoms with van der Waals surface area (Å²) in [4.78, 5) is 38.8. The molecule has 6 nitrogen and oxygen atoms in total. The predicted octanol–water partition coefficient (Wildman–Crippen LogP) is 1.99. The van der Waals surface area contributed by atoms with E-state index in [0.717, 1.165) is 5.56 Å². The maximum Gasteiger partial charge on any atom is 0.343 e. The second kappa shape index (κ2) is 6.08. The highest BCUT2D eigenvalue weighted by atomic mass is 16.5. The molecule has 0 radical (unpaired) electrons. The molecule has 6 heteroatoms. The molecule has 0 saturated heterocycles. The molecule has 1 unspecified atom stereocenters. The van der Waals surface area contributed by atoms with Crippen LogP contribution in [0.25, 0.3) is 0 Å². The minimum absolute atomic E-state index is 0.00250. The number of esters is 2. The van der Waals surface area contributed by atoms with Crippen molar-refractivity contribution in [2.75, 3.05) is 6.61 Å². The summed E-state index contributed by atoms with van der Waals surface area (Å²) in [5, 5.41) is 0. The van der Waals surface area contributed by atoms with Crippen molar-refractivity contribution < 1.29 is 19.1 Å². The Balaban J connectivity index is 2.18. The monoisotopic (exact) mass is 313 g/mol. The van der Waals surface area contributed by atoms with E-state index in [0.29, 0.717) is 0 Å². The first-order chi connectivity index (χ1) is 11.1. The molecule has 0 spiro atoms. The van der Waals surface area contributed by atoms with Crippen LogP contribution in [0.3, 0.4) is 0 Å². The van der Waals surface area contributed by atoms with Crippen molar-refractivity contribution >= 4 is 11.9 Å². The first kappa shape index (κ1) is 15.0. The van der Waals surface area contributed by atoms with Gasteiger partial charge in [0, 0.05) is 12.1 Å². The van der Waals surface area contributed by atoms with E-state index in [2.05, 4.69) is 4.98 Å². The van der Waals surface area contributed by atoms with Crippen LogP contribution in [0.4, 0.5) is 0 Å². The molecule has 2 heterocycles. The minimum atomic E-state index is -0.637. The Bertz CT molecular complexity index is 809. The van der Waals surface area contributed by atoms with Gasteiger partial charge in [-0.1, -0.05) is 30.3 Å². The third-order valence-corrected chi connectivity index (χ3v) is 3.71. The lowest BCUT2D eigenvalue weighted by atomic mass is 9.86. The van der Waals surface area contributed by atoms with Crippen LogP contribution in [-0.2, 0) is 9.53 Å². The smallest absolute Gasteiger partial charge is 0.343 e. The number of fused-ring (bicyclic) bond motifs is 1. The zero-order valence-corrected chi connectivity index (χ0v) is 12.5. The van der Waals surface area contributed by atoms with E-state index in [1.807, 2.05) is 30.3 Å². The SMILES string of the molecule is CCOC(=O)c1c[nH]c(=O)c2c1OC(=O)CC2c1ccccc1. The van der Waals surface area contributed by atoms with Gasteiger partial charge in [-0.2, -0.15) is 0 Å². The largest absolute Gasteiger partial charge is 0.462 e. The molecule has 0 aliphatic carbocycles. The van der Waals surface area contributed by atoms with Gasteiger partial charge in [0.2, 0.25) is 0 Å². The minimum Gasteiger partial charge on any atom is -0.462 e. The Morgan fingerprint density at radius 2 is 2.04 bits per heavy atom. The second-order valence-electron chi connectivity index (χ2n) is 5.14. The van der Waals surface area contributed by atoms with Gasteiger partial charge in [0.1, 0.15) is 5.56 Å². The Morgan fingerprint density at radius 3 is 2.74 bits per heavy atom.